The van der Waals surface area contributed by atoms with E-state index in [1.165, 1.54) is 0 Å². The van der Waals surface area contributed by atoms with Crippen molar-refractivity contribution >= 4 is 45.9 Å². The van der Waals surface area contributed by atoms with Gasteiger partial charge in [0.15, 0.2) is 5.76 Å². The van der Waals surface area contributed by atoms with Gasteiger partial charge < -0.3 is 14.5 Å². The predicted octanol–water partition coefficient (Wildman–Crippen LogP) is 4.38. The van der Waals surface area contributed by atoms with E-state index in [9.17, 15) is 14.4 Å². The molecular formula is C21H18ClNO5. The number of methoxy groups -OCH3 is 1. The molecule has 7 heteroatoms. The summed E-state index contributed by atoms with van der Waals surface area (Å²) in [5.41, 5.74) is 2.09. The van der Waals surface area contributed by atoms with Gasteiger partial charge >= 0.3 is 11.9 Å². The first-order valence-corrected chi connectivity index (χ1v) is 9.07. The van der Waals surface area contributed by atoms with E-state index in [1.54, 1.807) is 42.5 Å². The molecule has 0 fully saturated rings. The minimum atomic E-state index is -0.996. The fourth-order valence-corrected chi connectivity index (χ4v) is 3.04. The van der Waals surface area contributed by atoms with Crippen molar-refractivity contribution in [3.63, 3.8) is 0 Å². The van der Waals surface area contributed by atoms with Crippen molar-refractivity contribution in [3.05, 3.63) is 64.4 Å². The van der Waals surface area contributed by atoms with Crippen molar-refractivity contribution in [2.24, 2.45) is 0 Å². The number of carbonyl (C=O) groups is 3. The molecule has 144 valence electrons. The molecule has 1 amide bonds. The third-order valence-electron chi connectivity index (χ3n) is 4.23. The molecule has 0 aliphatic carbocycles. The minimum Gasteiger partial charge on any atom is -0.462 e. The number of fused-ring (bicyclic) bond motifs is 1. The van der Waals surface area contributed by atoms with Crippen LogP contribution in [0.1, 0.15) is 35.0 Å². The normalized spacial score (nSPS) is 10.7. The number of hydrogen-bond donors (Lipinski definition) is 1. The molecule has 6 nitrogen and oxygen atoms in total. The maximum absolute atomic E-state index is 12.9. The van der Waals surface area contributed by atoms with E-state index in [-0.39, 0.29) is 11.5 Å². The first-order chi connectivity index (χ1) is 13.4. The molecule has 0 radical (unpaired) electrons. The van der Waals surface area contributed by atoms with Crippen LogP contribution in [0, 0.1) is 0 Å². The van der Waals surface area contributed by atoms with Gasteiger partial charge in [0.25, 0.3) is 0 Å². The number of ether oxygens (including phenoxy) is 1. The van der Waals surface area contributed by atoms with Gasteiger partial charge in [0, 0.05) is 33.3 Å². The van der Waals surface area contributed by atoms with Crippen molar-refractivity contribution in [1.29, 1.82) is 0 Å². The molecule has 1 heterocycles. The average molecular weight is 400 g/mol. The van der Waals surface area contributed by atoms with Crippen LogP contribution >= 0.6 is 11.6 Å². The van der Waals surface area contributed by atoms with Crippen LogP contribution < -0.4 is 5.32 Å². The van der Waals surface area contributed by atoms with E-state index in [0.717, 1.165) is 24.5 Å². The highest BCUT2D eigenvalue weighted by Gasteiger charge is 2.22. The maximum atomic E-state index is 12.9. The number of halogens is 1. The number of anilines is 1. The maximum Gasteiger partial charge on any atom is 0.396 e. The molecule has 0 bridgehead atoms. The Labute approximate surface area is 166 Å². The Morgan fingerprint density at radius 2 is 1.82 bits per heavy atom. The van der Waals surface area contributed by atoms with Gasteiger partial charge in [-0.15, -0.1) is 0 Å². The van der Waals surface area contributed by atoms with Gasteiger partial charge in [0.2, 0.25) is 5.78 Å². The molecule has 0 unspecified atom stereocenters. The number of carbonyl (C=O) groups excluding carboxylic acids is 3. The number of hydrogen-bond acceptors (Lipinski definition) is 5. The topological polar surface area (TPSA) is 85.6 Å². The highest BCUT2D eigenvalue weighted by atomic mass is 35.5. The molecule has 0 spiro atoms. The van der Waals surface area contributed by atoms with Gasteiger partial charge in [-0.3, -0.25) is 9.59 Å². The number of esters is 1. The third-order valence-corrected chi connectivity index (χ3v) is 4.49. The number of rotatable bonds is 5. The summed E-state index contributed by atoms with van der Waals surface area (Å²) in [6, 6.07) is 11.6. The van der Waals surface area contributed by atoms with Crippen LogP contribution in [0.25, 0.3) is 11.0 Å². The van der Waals surface area contributed by atoms with Crippen LogP contribution in [-0.4, -0.2) is 24.8 Å². The van der Waals surface area contributed by atoms with Crippen LogP contribution in [0.2, 0.25) is 5.02 Å². The molecule has 3 aromatic rings. The molecule has 0 aliphatic rings. The van der Waals surface area contributed by atoms with Gasteiger partial charge in [0.1, 0.15) is 5.58 Å². The largest absolute Gasteiger partial charge is 0.462 e. The van der Waals surface area contributed by atoms with Crippen LogP contribution in [0.3, 0.4) is 0 Å². The Bertz CT molecular complexity index is 1050. The molecule has 3 rings (SSSR count). The summed E-state index contributed by atoms with van der Waals surface area (Å²) in [6.45, 7) is 2.01. The van der Waals surface area contributed by atoms with Crippen molar-refractivity contribution in [1.82, 2.24) is 0 Å². The lowest BCUT2D eigenvalue weighted by molar-refractivity contribution is -0.150. The first-order valence-electron chi connectivity index (χ1n) is 8.69. The Balaban J connectivity index is 2.01. The molecule has 2 aromatic carbocycles. The zero-order chi connectivity index (χ0) is 20.3. The van der Waals surface area contributed by atoms with Crippen LogP contribution in [0.4, 0.5) is 5.69 Å². The average Bonchev–Trinajstić information content (AvgIpc) is 3.05. The van der Waals surface area contributed by atoms with E-state index in [4.69, 9.17) is 16.0 Å². The third kappa shape index (κ3) is 3.92. The molecule has 28 heavy (non-hydrogen) atoms. The zero-order valence-electron chi connectivity index (χ0n) is 15.4. The number of ketones is 1. The smallest absolute Gasteiger partial charge is 0.396 e. The van der Waals surface area contributed by atoms with Crippen molar-refractivity contribution in [2.75, 3.05) is 12.4 Å². The van der Waals surface area contributed by atoms with Crippen LogP contribution in [0.5, 0.6) is 0 Å². The van der Waals surface area contributed by atoms with Crippen molar-refractivity contribution in [2.45, 2.75) is 19.8 Å². The summed E-state index contributed by atoms with van der Waals surface area (Å²) in [7, 11) is 1.13. The number of benzene rings is 2. The summed E-state index contributed by atoms with van der Waals surface area (Å²) in [6.07, 6.45) is 1.49. The van der Waals surface area contributed by atoms with Gasteiger partial charge in [-0.25, -0.2) is 4.79 Å². The zero-order valence-corrected chi connectivity index (χ0v) is 16.1. The summed E-state index contributed by atoms with van der Waals surface area (Å²) >= 11 is 5.90. The number of amides is 1. The van der Waals surface area contributed by atoms with Gasteiger partial charge in [-0.1, -0.05) is 24.9 Å². The monoisotopic (exact) mass is 399 g/mol. The van der Waals surface area contributed by atoms with Crippen LogP contribution in [-0.2, 0) is 20.7 Å². The molecular weight excluding hydrogens is 382 g/mol. The standard InChI is InChI=1S/C21H18ClNO5/c1-3-4-16-15-10-9-14(23-20(25)21(26)27-2)11-17(15)28-19(16)18(24)12-5-7-13(22)8-6-12/h5-11H,3-4H2,1-2H3,(H,23,25). The molecule has 0 saturated carbocycles. The molecule has 0 aliphatic heterocycles. The fraction of sp³-hybridized carbons (Fsp3) is 0.190. The molecule has 1 N–H and O–H groups in total. The second-order valence-corrected chi connectivity index (χ2v) is 6.59. The highest BCUT2D eigenvalue weighted by Crippen LogP contribution is 2.31. The lowest BCUT2D eigenvalue weighted by atomic mass is 10.0. The fourth-order valence-electron chi connectivity index (χ4n) is 2.92. The summed E-state index contributed by atoms with van der Waals surface area (Å²) < 4.78 is 10.2. The lowest BCUT2D eigenvalue weighted by Crippen LogP contribution is -2.23. The van der Waals surface area contributed by atoms with Gasteiger partial charge in [-0.05, 0) is 42.8 Å². The summed E-state index contributed by atoms with van der Waals surface area (Å²) in [5.74, 6) is -1.86. The van der Waals surface area contributed by atoms with Gasteiger partial charge in [0.05, 0.1) is 7.11 Å². The second-order valence-electron chi connectivity index (χ2n) is 6.15. The minimum absolute atomic E-state index is 0.239. The first kappa shape index (κ1) is 19.6. The number of aryl methyl sites for hydroxylation is 1. The number of furan rings is 1. The summed E-state index contributed by atoms with van der Waals surface area (Å²) in [5, 5.41) is 3.77. The molecule has 0 atom stereocenters. The predicted molar refractivity (Wildman–Crippen MR) is 106 cm³/mol. The van der Waals surface area contributed by atoms with Crippen LogP contribution in [0.15, 0.2) is 46.9 Å². The number of nitrogens with one attached hydrogen (secondary N) is 1. The van der Waals surface area contributed by atoms with Crippen molar-refractivity contribution in [3.8, 4) is 0 Å². The Hall–Kier alpha value is -3.12. The summed E-state index contributed by atoms with van der Waals surface area (Å²) in [4.78, 5) is 35.9. The molecule has 1 aromatic heterocycles. The lowest BCUT2D eigenvalue weighted by Gasteiger charge is -2.03. The Morgan fingerprint density at radius 3 is 2.46 bits per heavy atom. The van der Waals surface area contributed by atoms with E-state index in [0.29, 0.717) is 28.3 Å². The van der Waals surface area contributed by atoms with E-state index >= 15 is 0 Å². The Morgan fingerprint density at radius 1 is 1.11 bits per heavy atom. The van der Waals surface area contributed by atoms with E-state index in [2.05, 4.69) is 10.1 Å². The second kappa shape index (κ2) is 8.27. The van der Waals surface area contributed by atoms with Crippen molar-refractivity contribution < 1.29 is 23.5 Å². The quantitative estimate of drug-likeness (QED) is 0.391. The highest BCUT2D eigenvalue weighted by molar-refractivity contribution is 6.37. The SMILES string of the molecule is CCCc1c(C(=O)c2ccc(Cl)cc2)oc2cc(NC(=O)C(=O)OC)ccc12. The molecule has 0 saturated heterocycles. The Kier molecular flexibility index (Phi) is 5.80. The van der Waals surface area contributed by atoms with E-state index in [1.807, 2.05) is 6.92 Å². The van der Waals surface area contributed by atoms with E-state index < -0.39 is 11.9 Å². The van der Waals surface area contributed by atoms with Gasteiger partial charge in [-0.2, -0.15) is 0 Å².